The zero-order chi connectivity index (χ0) is 19.2. The maximum Gasteiger partial charge on any atom is 0.261 e. The molecule has 0 heterocycles. The maximum absolute atomic E-state index is 13.0. The van der Waals surface area contributed by atoms with Crippen LogP contribution in [0, 0.1) is 6.92 Å². The van der Waals surface area contributed by atoms with Crippen LogP contribution in [-0.2, 0) is 10.0 Å². The van der Waals surface area contributed by atoms with Crippen molar-refractivity contribution in [2.24, 2.45) is 0 Å². The fraction of sp³-hybridized carbons (Fsp3) is 0.143. The Kier molecular flexibility index (Phi) is 4.08. The average molecular weight is 379 g/mol. The van der Waals surface area contributed by atoms with Crippen molar-refractivity contribution in [3.63, 3.8) is 0 Å². The fourth-order valence-corrected chi connectivity index (χ4v) is 4.51. The molecule has 2 aliphatic rings. The van der Waals surface area contributed by atoms with Crippen LogP contribution in [0.4, 0.5) is 0 Å². The number of hydrogen-bond donors (Lipinski definition) is 1. The summed E-state index contributed by atoms with van der Waals surface area (Å²) in [5.41, 5.74) is 2.36. The van der Waals surface area contributed by atoms with Crippen LogP contribution in [0.25, 0.3) is 0 Å². The van der Waals surface area contributed by atoms with E-state index in [2.05, 4.69) is 4.72 Å². The number of ketones is 2. The first-order valence-electron chi connectivity index (χ1n) is 8.60. The third kappa shape index (κ3) is 2.92. The summed E-state index contributed by atoms with van der Waals surface area (Å²) in [7, 11) is -3.86. The highest BCUT2D eigenvalue weighted by molar-refractivity contribution is 7.89. The van der Waals surface area contributed by atoms with E-state index >= 15 is 0 Å². The smallest absolute Gasteiger partial charge is 0.261 e. The molecule has 0 amide bonds. The van der Waals surface area contributed by atoms with Crippen molar-refractivity contribution in [2.45, 2.75) is 24.7 Å². The van der Waals surface area contributed by atoms with E-state index in [1.54, 1.807) is 42.5 Å². The molecule has 27 heavy (non-hydrogen) atoms. The van der Waals surface area contributed by atoms with Gasteiger partial charge in [0.25, 0.3) is 10.0 Å². The Balaban J connectivity index is 1.75. The highest BCUT2D eigenvalue weighted by Gasteiger charge is 2.36. The molecule has 2 aliphatic carbocycles. The minimum Gasteiger partial charge on any atom is -0.289 e. The van der Waals surface area contributed by atoms with Gasteiger partial charge in [-0.05, 0) is 31.9 Å². The van der Waals surface area contributed by atoms with Gasteiger partial charge >= 0.3 is 0 Å². The van der Waals surface area contributed by atoms with Gasteiger partial charge in [0.1, 0.15) is 0 Å². The van der Waals surface area contributed by atoms with Gasteiger partial charge in [0.15, 0.2) is 11.6 Å². The van der Waals surface area contributed by atoms with E-state index in [0.29, 0.717) is 29.5 Å². The minimum atomic E-state index is -3.86. The number of allylic oxidation sites excluding steroid dienone is 3. The number of carbonyl (C=O) groups excluding carboxylic acids is 2. The Morgan fingerprint density at radius 2 is 1.52 bits per heavy atom. The molecule has 0 bridgehead atoms. The van der Waals surface area contributed by atoms with Crippen LogP contribution >= 0.6 is 0 Å². The van der Waals surface area contributed by atoms with Gasteiger partial charge in [-0.3, -0.25) is 14.3 Å². The first-order valence-corrected chi connectivity index (χ1v) is 10.1. The normalized spacial score (nSPS) is 16.6. The summed E-state index contributed by atoms with van der Waals surface area (Å²) in [6.45, 7) is 1.87. The Labute approximate surface area is 157 Å². The lowest BCUT2D eigenvalue weighted by atomic mass is 9.79. The summed E-state index contributed by atoms with van der Waals surface area (Å²) < 4.78 is 28.0. The number of sulfonamides is 1. The zero-order valence-electron chi connectivity index (χ0n) is 14.7. The second kappa shape index (κ2) is 6.32. The van der Waals surface area contributed by atoms with Gasteiger partial charge in [-0.15, -0.1) is 0 Å². The number of Topliss-reactive ketones (excluding diaryl/α,β-unsaturated/α-hetero) is 2. The fourth-order valence-electron chi connectivity index (χ4n) is 3.43. The number of carbonyl (C=O) groups is 2. The summed E-state index contributed by atoms with van der Waals surface area (Å²) in [4.78, 5) is 25.9. The Bertz CT molecular complexity index is 1140. The van der Waals surface area contributed by atoms with Gasteiger partial charge in [0.05, 0.1) is 16.2 Å². The Morgan fingerprint density at radius 1 is 0.889 bits per heavy atom. The number of fused-ring (bicyclic) bond motifs is 1. The quantitative estimate of drug-likeness (QED) is 0.887. The lowest BCUT2D eigenvalue weighted by Gasteiger charge is -2.26. The summed E-state index contributed by atoms with van der Waals surface area (Å²) in [6, 6.07) is 13.1. The number of hydrogen-bond acceptors (Lipinski definition) is 4. The maximum atomic E-state index is 13.0. The second-order valence-electron chi connectivity index (χ2n) is 6.63. The molecule has 0 atom stereocenters. The number of nitrogens with one attached hydrogen (secondary N) is 1. The van der Waals surface area contributed by atoms with Gasteiger partial charge in [0.2, 0.25) is 0 Å². The van der Waals surface area contributed by atoms with Gasteiger partial charge < -0.3 is 0 Å². The van der Waals surface area contributed by atoms with Crippen molar-refractivity contribution in [1.82, 2.24) is 4.72 Å². The molecule has 5 nitrogen and oxygen atoms in total. The van der Waals surface area contributed by atoms with Crippen molar-refractivity contribution in [1.29, 1.82) is 0 Å². The highest BCUT2D eigenvalue weighted by atomic mass is 32.2. The van der Waals surface area contributed by atoms with E-state index < -0.39 is 10.0 Å². The summed E-state index contributed by atoms with van der Waals surface area (Å²) in [5, 5.41) is 0. The van der Waals surface area contributed by atoms with E-state index in [1.807, 2.05) is 6.92 Å². The van der Waals surface area contributed by atoms with Crippen molar-refractivity contribution in [3.05, 3.63) is 88.1 Å². The van der Waals surface area contributed by atoms with E-state index in [0.717, 1.165) is 5.56 Å². The van der Waals surface area contributed by atoms with Crippen LogP contribution in [0.3, 0.4) is 0 Å². The molecule has 0 aromatic heterocycles. The van der Waals surface area contributed by atoms with E-state index in [-0.39, 0.29) is 27.7 Å². The average Bonchev–Trinajstić information content (AvgIpc) is 2.66. The number of aryl methyl sites for hydroxylation is 1. The summed E-state index contributed by atoms with van der Waals surface area (Å²) in [5.74, 6) is -0.530. The Hall–Kier alpha value is -2.99. The van der Waals surface area contributed by atoms with E-state index in [4.69, 9.17) is 0 Å². The van der Waals surface area contributed by atoms with Crippen LogP contribution in [-0.4, -0.2) is 20.0 Å². The molecule has 0 unspecified atom stereocenters. The molecule has 0 radical (unpaired) electrons. The standard InChI is InChI=1S/C21H17NO4S/c1-13-9-11-14(12-10-13)27(25,26)22-18-8-4-7-17-19(18)21(24)16-6-3-2-5-15(16)20(17)23/h2-3,5-6,8-12,22H,4,7H2,1H3. The molecule has 0 saturated heterocycles. The van der Waals surface area contributed by atoms with E-state index in [9.17, 15) is 18.0 Å². The molecule has 1 N–H and O–H groups in total. The monoisotopic (exact) mass is 379 g/mol. The highest BCUT2D eigenvalue weighted by Crippen LogP contribution is 2.35. The van der Waals surface area contributed by atoms with Gasteiger partial charge in [-0.2, -0.15) is 0 Å². The molecule has 0 aliphatic heterocycles. The SMILES string of the molecule is Cc1ccc(S(=O)(=O)NC2=CCCC3=C2C(=O)c2ccccc2C3=O)cc1. The number of rotatable bonds is 3. The molecule has 0 fully saturated rings. The third-order valence-corrected chi connectivity index (χ3v) is 6.19. The molecule has 2 aromatic carbocycles. The first-order chi connectivity index (χ1) is 12.9. The van der Waals surface area contributed by atoms with Gasteiger partial charge in [0, 0.05) is 16.7 Å². The molecule has 2 aromatic rings. The summed E-state index contributed by atoms with van der Waals surface area (Å²) in [6.07, 6.45) is 2.58. The van der Waals surface area contributed by atoms with Crippen LogP contribution in [0.5, 0.6) is 0 Å². The molecule has 4 rings (SSSR count). The van der Waals surface area contributed by atoms with Crippen molar-refractivity contribution in [2.75, 3.05) is 0 Å². The van der Waals surface area contributed by atoms with Crippen molar-refractivity contribution >= 4 is 21.6 Å². The molecule has 136 valence electrons. The van der Waals surface area contributed by atoms with Crippen LogP contribution in [0.2, 0.25) is 0 Å². The lowest BCUT2D eigenvalue weighted by molar-refractivity contribution is 0.0972. The van der Waals surface area contributed by atoms with Crippen LogP contribution in [0.15, 0.2) is 76.3 Å². The van der Waals surface area contributed by atoms with E-state index in [1.165, 1.54) is 12.1 Å². The predicted molar refractivity (Wildman–Crippen MR) is 101 cm³/mol. The van der Waals surface area contributed by atoms with Crippen molar-refractivity contribution in [3.8, 4) is 0 Å². The number of benzene rings is 2. The van der Waals surface area contributed by atoms with Crippen molar-refractivity contribution < 1.29 is 18.0 Å². The third-order valence-electron chi connectivity index (χ3n) is 4.81. The van der Waals surface area contributed by atoms with Gasteiger partial charge in [-0.25, -0.2) is 8.42 Å². The first kappa shape index (κ1) is 17.4. The Morgan fingerprint density at radius 3 is 2.19 bits per heavy atom. The topological polar surface area (TPSA) is 80.3 Å². The lowest BCUT2D eigenvalue weighted by Crippen LogP contribution is -2.32. The predicted octanol–water partition coefficient (Wildman–Crippen LogP) is 3.33. The molecule has 6 heteroatoms. The van der Waals surface area contributed by atoms with Crippen LogP contribution in [0.1, 0.15) is 39.1 Å². The summed E-state index contributed by atoms with van der Waals surface area (Å²) >= 11 is 0. The largest absolute Gasteiger partial charge is 0.289 e. The molecular formula is C21H17NO4S. The molecular weight excluding hydrogens is 362 g/mol. The molecule has 0 saturated carbocycles. The second-order valence-corrected chi connectivity index (χ2v) is 8.31. The molecule has 0 spiro atoms. The minimum absolute atomic E-state index is 0.108. The zero-order valence-corrected chi connectivity index (χ0v) is 15.5. The van der Waals surface area contributed by atoms with Crippen LogP contribution < -0.4 is 4.72 Å². The van der Waals surface area contributed by atoms with Gasteiger partial charge in [-0.1, -0.05) is 48.0 Å².